The Morgan fingerprint density at radius 1 is 1.33 bits per heavy atom. The molecule has 0 saturated carbocycles. The summed E-state index contributed by atoms with van der Waals surface area (Å²) in [5.41, 5.74) is 3.20. The van der Waals surface area contributed by atoms with Gasteiger partial charge >= 0.3 is 0 Å². The maximum Gasteiger partial charge on any atom is 0.124 e. The predicted octanol–water partition coefficient (Wildman–Crippen LogP) is 2.35. The molecule has 1 saturated heterocycles. The molecule has 1 aliphatic heterocycles. The summed E-state index contributed by atoms with van der Waals surface area (Å²) in [6, 6.07) is 4.09. The topological polar surface area (TPSA) is 41.5 Å². The first-order valence-electron chi connectivity index (χ1n) is 6.67. The lowest BCUT2D eigenvalue weighted by atomic mass is 9.88. The number of piperidine rings is 1. The Kier molecular flexibility index (Phi) is 4.25. The van der Waals surface area contributed by atoms with Crippen LogP contribution in [0.1, 0.15) is 35.6 Å². The van der Waals surface area contributed by atoms with Crippen LogP contribution in [0.2, 0.25) is 0 Å². The minimum atomic E-state index is -0.374. The molecule has 0 radical (unpaired) electrons. The van der Waals surface area contributed by atoms with Crippen molar-refractivity contribution in [2.24, 2.45) is 5.92 Å². The van der Waals surface area contributed by atoms with Crippen molar-refractivity contribution in [3.63, 3.8) is 0 Å². The first-order chi connectivity index (χ1) is 8.63. The van der Waals surface area contributed by atoms with E-state index in [1.807, 2.05) is 26.0 Å². The molecule has 1 aliphatic rings. The first kappa shape index (κ1) is 13.4. The molecule has 18 heavy (non-hydrogen) atoms. The van der Waals surface area contributed by atoms with Gasteiger partial charge in [0.2, 0.25) is 0 Å². The van der Waals surface area contributed by atoms with E-state index < -0.39 is 0 Å². The number of aryl methyl sites for hydroxylation is 2. The van der Waals surface area contributed by atoms with Gasteiger partial charge < -0.3 is 15.2 Å². The Balaban J connectivity index is 2.22. The molecule has 2 atom stereocenters. The molecular formula is C15H23NO2. The number of hydrogen-bond acceptors (Lipinski definition) is 3. The molecule has 3 heteroatoms. The van der Waals surface area contributed by atoms with E-state index in [4.69, 9.17) is 4.74 Å². The van der Waals surface area contributed by atoms with Crippen molar-refractivity contribution in [1.29, 1.82) is 0 Å². The van der Waals surface area contributed by atoms with E-state index in [-0.39, 0.29) is 6.10 Å². The van der Waals surface area contributed by atoms with Crippen LogP contribution in [0.3, 0.4) is 0 Å². The second-order valence-electron chi connectivity index (χ2n) is 5.24. The number of benzene rings is 1. The smallest absolute Gasteiger partial charge is 0.124 e. The Morgan fingerprint density at radius 2 is 2.00 bits per heavy atom. The summed E-state index contributed by atoms with van der Waals surface area (Å²) in [6.07, 6.45) is 1.87. The molecule has 100 valence electrons. The summed E-state index contributed by atoms with van der Waals surface area (Å²) < 4.78 is 5.36. The summed E-state index contributed by atoms with van der Waals surface area (Å²) in [5, 5.41) is 13.8. The van der Waals surface area contributed by atoms with E-state index >= 15 is 0 Å². The van der Waals surface area contributed by atoms with Gasteiger partial charge in [0.05, 0.1) is 13.2 Å². The van der Waals surface area contributed by atoms with Gasteiger partial charge in [-0.3, -0.25) is 0 Å². The highest BCUT2D eigenvalue weighted by Gasteiger charge is 2.23. The molecular weight excluding hydrogens is 226 g/mol. The SMILES string of the molecule is COc1c(C)cc(C(O)C2CCCNC2)cc1C. The average Bonchev–Trinajstić information content (AvgIpc) is 2.38. The van der Waals surface area contributed by atoms with Gasteiger partial charge in [0.1, 0.15) is 5.75 Å². The zero-order valence-corrected chi connectivity index (χ0v) is 11.5. The fourth-order valence-electron chi connectivity index (χ4n) is 2.90. The van der Waals surface area contributed by atoms with Gasteiger partial charge in [-0.05, 0) is 62.1 Å². The van der Waals surface area contributed by atoms with Crippen molar-refractivity contribution in [3.8, 4) is 5.75 Å². The van der Waals surface area contributed by atoms with Crippen molar-refractivity contribution in [3.05, 3.63) is 28.8 Å². The average molecular weight is 249 g/mol. The van der Waals surface area contributed by atoms with Gasteiger partial charge in [0.15, 0.2) is 0 Å². The van der Waals surface area contributed by atoms with E-state index in [1.165, 1.54) is 0 Å². The highest BCUT2D eigenvalue weighted by Crippen LogP contribution is 2.32. The minimum Gasteiger partial charge on any atom is -0.496 e. The van der Waals surface area contributed by atoms with Gasteiger partial charge in [-0.1, -0.05) is 0 Å². The second-order valence-corrected chi connectivity index (χ2v) is 5.24. The van der Waals surface area contributed by atoms with Crippen LogP contribution in [-0.2, 0) is 0 Å². The Bertz CT molecular complexity index is 388. The zero-order chi connectivity index (χ0) is 13.1. The molecule has 0 aliphatic carbocycles. The number of hydrogen-bond donors (Lipinski definition) is 2. The van der Waals surface area contributed by atoms with Crippen LogP contribution in [0, 0.1) is 19.8 Å². The van der Waals surface area contributed by atoms with Crippen LogP contribution in [-0.4, -0.2) is 25.3 Å². The van der Waals surface area contributed by atoms with Crippen molar-refractivity contribution in [1.82, 2.24) is 5.32 Å². The Morgan fingerprint density at radius 3 is 2.50 bits per heavy atom. The Labute approximate surface area is 109 Å². The molecule has 1 heterocycles. The van der Waals surface area contributed by atoms with Crippen LogP contribution in [0.5, 0.6) is 5.75 Å². The van der Waals surface area contributed by atoms with Crippen LogP contribution >= 0.6 is 0 Å². The van der Waals surface area contributed by atoms with Gasteiger partial charge in [0, 0.05) is 12.5 Å². The fraction of sp³-hybridized carbons (Fsp3) is 0.600. The summed E-state index contributed by atoms with van der Waals surface area (Å²) in [7, 11) is 1.69. The molecule has 2 unspecified atom stereocenters. The number of aliphatic hydroxyl groups excluding tert-OH is 1. The highest BCUT2D eigenvalue weighted by atomic mass is 16.5. The lowest BCUT2D eigenvalue weighted by Crippen LogP contribution is -2.33. The molecule has 1 aromatic rings. The number of aliphatic hydroxyl groups is 1. The van der Waals surface area contributed by atoms with Crippen LogP contribution in [0.4, 0.5) is 0 Å². The molecule has 0 amide bonds. The van der Waals surface area contributed by atoms with Gasteiger partial charge in [-0.25, -0.2) is 0 Å². The van der Waals surface area contributed by atoms with Crippen molar-refractivity contribution in [2.45, 2.75) is 32.8 Å². The molecule has 3 nitrogen and oxygen atoms in total. The fourth-order valence-corrected chi connectivity index (χ4v) is 2.90. The van der Waals surface area contributed by atoms with Crippen LogP contribution in [0.25, 0.3) is 0 Å². The molecule has 1 aromatic carbocycles. The van der Waals surface area contributed by atoms with Crippen molar-refractivity contribution < 1.29 is 9.84 Å². The molecule has 0 bridgehead atoms. The maximum absolute atomic E-state index is 10.5. The standard InChI is InChI=1S/C15H23NO2/c1-10-7-13(8-11(2)15(10)18-3)14(17)12-5-4-6-16-9-12/h7-8,12,14,16-17H,4-6,9H2,1-3H3. The first-order valence-corrected chi connectivity index (χ1v) is 6.67. The van der Waals surface area contributed by atoms with Crippen LogP contribution in [0.15, 0.2) is 12.1 Å². The molecule has 2 N–H and O–H groups in total. The zero-order valence-electron chi connectivity index (χ0n) is 11.5. The Hall–Kier alpha value is -1.06. The lowest BCUT2D eigenvalue weighted by molar-refractivity contribution is 0.0920. The molecule has 2 rings (SSSR count). The van der Waals surface area contributed by atoms with Gasteiger partial charge in [-0.2, -0.15) is 0 Å². The lowest BCUT2D eigenvalue weighted by Gasteiger charge is -2.28. The molecule has 0 spiro atoms. The normalized spacial score (nSPS) is 21.7. The third-order valence-corrected chi connectivity index (χ3v) is 3.81. The van der Waals surface area contributed by atoms with Crippen molar-refractivity contribution in [2.75, 3.05) is 20.2 Å². The number of methoxy groups -OCH3 is 1. The summed E-state index contributed by atoms with van der Waals surface area (Å²) in [6.45, 7) is 6.04. The van der Waals surface area contributed by atoms with E-state index in [9.17, 15) is 5.11 Å². The number of rotatable bonds is 3. The summed E-state index contributed by atoms with van der Waals surface area (Å²) in [4.78, 5) is 0. The van der Waals surface area contributed by atoms with Crippen LogP contribution < -0.4 is 10.1 Å². The quantitative estimate of drug-likeness (QED) is 0.864. The second kappa shape index (κ2) is 5.72. The largest absolute Gasteiger partial charge is 0.496 e. The van der Waals surface area contributed by atoms with E-state index in [1.54, 1.807) is 7.11 Å². The summed E-state index contributed by atoms with van der Waals surface area (Å²) >= 11 is 0. The van der Waals surface area contributed by atoms with E-state index in [2.05, 4.69) is 5.32 Å². The monoisotopic (exact) mass is 249 g/mol. The number of nitrogens with one attached hydrogen (secondary N) is 1. The maximum atomic E-state index is 10.5. The highest BCUT2D eigenvalue weighted by molar-refractivity contribution is 5.44. The third-order valence-electron chi connectivity index (χ3n) is 3.81. The van der Waals surface area contributed by atoms with Gasteiger partial charge in [-0.15, -0.1) is 0 Å². The van der Waals surface area contributed by atoms with Crippen molar-refractivity contribution >= 4 is 0 Å². The van der Waals surface area contributed by atoms with Gasteiger partial charge in [0.25, 0.3) is 0 Å². The third kappa shape index (κ3) is 2.68. The minimum absolute atomic E-state index is 0.325. The molecule has 1 fully saturated rings. The van der Waals surface area contributed by atoms with E-state index in [0.29, 0.717) is 5.92 Å². The van der Waals surface area contributed by atoms with E-state index in [0.717, 1.165) is 48.4 Å². The predicted molar refractivity (Wildman–Crippen MR) is 73.0 cm³/mol. The number of ether oxygens (including phenoxy) is 1. The summed E-state index contributed by atoms with van der Waals surface area (Å²) in [5.74, 6) is 1.25. The molecule has 0 aromatic heterocycles.